The topological polar surface area (TPSA) is 40.6 Å². The Morgan fingerprint density at radius 2 is 1.95 bits per heavy atom. The molecule has 0 amide bonds. The van der Waals surface area contributed by atoms with Gasteiger partial charge in [-0.3, -0.25) is 0 Å². The summed E-state index contributed by atoms with van der Waals surface area (Å²) >= 11 is 5.78. The summed E-state index contributed by atoms with van der Waals surface area (Å²) in [6.07, 6.45) is 1.55. The first kappa shape index (κ1) is 16.7. The fourth-order valence-electron chi connectivity index (χ4n) is 2.62. The Morgan fingerprint density at radius 3 is 2.48 bits per heavy atom. The van der Waals surface area contributed by atoms with Crippen molar-refractivity contribution >= 4 is 21.6 Å². The zero-order chi connectivity index (χ0) is 15.6. The molecule has 1 aromatic carbocycles. The van der Waals surface area contributed by atoms with Crippen LogP contribution in [0, 0.1) is 5.82 Å². The van der Waals surface area contributed by atoms with E-state index >= 15 is 0 Å². The van der Waals surface area contributed by atoms with Gasteiger partial charge in [0.05, 0.1) is 4.90 Å². The average Bonchev–Trinajstić information content (AvgIpc) is 2.47. The largest absolute Gasteiger partial charge is 0.306 e. The predicted molar refractivity (Wildman–Crippen MR) is 81.4 cm³/mol. The van der Waals surface area contributed by atoms with Gasteiger partial charge in [0.15, 0.2) is 0 Å². The van der Waals surface area contributed by atoms with Crippen LogP contribution in [0.2, 0.25) is 0 Å². The van der Waals surface area contributed by atoms with Gasteiger partial charge in [-0.2, -0.15) is 4.31 Å². The summed E-state index contributed by atoms with van der Waals surface area (Å²) in [5.41, 5.74) is 0.438. The Hall–Kier alpha value is -0.690. The molecule has 4 nitrogen and oxygen atoms in total. The minimum absolute atomic E-state index is 0.0131. The number of hydrogen-bond acceptors (Lipinski definition) is 3. The average molecular weight is 335 g/mol. The highest BCUT2D eigenvalue weighted by Crippen LogP contribution is 2.26. The van der Waals surface area contributed by atoms with Crippen LogP contribution in [-0.2, 0) is 15.9 Å². The highest BCUT2D eigenvalue weighted by molar-refractivity contribution is 7.89. The molecule has 1 saturated heterocycles. The molecule has 0 spiro atoms. The van der Waals surface area contributed by atoms with Crippen molar-refractivity contribution in [3.05, 3.63) is 29.6 Å². The predicted octanol–water partition coefficient (Wildman–Crippen LogP) is 2.28. The lowest BCUT2D eigenvalue weighted by molar-refractivity contribution is 0.196. The Kier molecular flexibility index (Phi) is 5.24. The van der Waals surface area contributed by atoms with Gasteiger partial charge in [-0.25, -0.2) is 12.8 Å². The maximum Gasteiger partial charge on any atom is 0.243 e. The minimum atomic E-state index is -3.69. The molecule has 1 heterocycles. The zero-order valence-electron chi connectivity index (χ0n) is 12.2. The summed E-state index contributed by atoms with van der Waals surface area (Å²) in [5, 5.41) is 0. The molecule has 0 bridgehead atoms. The van der Waals surface area contributed by atoms with E-state index in [-0.39, 0.29) is 10.8 Å². The van der Waals surface area contributed by atoms with Crippen LogP contribution in [0.5, 0.6) is 0 Å². The van der Waals surface area contributed by atoms with Crippen LogP contribution >= 0.6 is 11.6 Å². The van der Waals surface area contributed by atoms with Crippen LogP contribution in [0.15, 0.2) is 23.1 Å². The van der Waals surface area contributed by atoms with Gasteiger partial charge in [0, 0.05) is 25.0 Å². The van der Waals surface area contributed by atoms with E-state index in [1.54, 1.807) is 0 Å². The molecule has 1 aromatic rings. The third-order valence-corrected chi connectivity index (χ3v) is 6.21. The second-order valence-corrected chi connectivity index (χ2v) is 7.66. The molecular formula is C14H20ClFN2O2S. The lowest BCUT2D eigenvalue weighted by atomic mass is 10.1. The van der Waals surface area contributed by atoms with Gasteiger partial charge in [0.1, 0.15) is 5.82 Å². The van der Waals surface area contributed by atoms with E-state index in [4.69, 9.17) is 11.6 Å². The summed E-state index contributed by atoms with van der Waals surface area (Å²) < 4.78 is 40.2. The molecule has 0 unspecified atom stereocenters. The monoisotopic (exact) mass is 334 g/mol. The van der Waals surface area contributed by atoms with Gasteiger partial charge in [-0.1, -0.05) is 6.07 Å². The van der Waals surface area contributed by atoms with Crippen LogP contribution in [0.1, 0.15) is 18.4 Å². The van der Waals surface area contributed by atoms with Crippen LogP contribution in [-0.4, -0.2) is 50.8 Å². The van der Waals surface area contributed by atoms with E-state index in [1.165, 1.54) is 16.4 Å². The second kappa shape index (κ2) is 6.60. The quantitative estimate of drug-likeness (QED) is 0.793. The summed E-state index contributed by atoms with van der Waals surface area (Å²) in [5.74, 6) is -0.520. The fraction of sp³-hybridized carbons (Fsp3) is 0.571. The second-order valence-electron chi connectivity index (χ2n) is 5.48. The first-order valence-corrected chi connectivity index (χ1v) is 8.84. The van der Waals surface area contributed by atoms with Gasteiger partial charge >= 0.3 is 0 Å². The number of sulfonamides is 1. The van der Waals surface area contributed by atoms with Crippen molar-refractivity contribution in [2.45, 2.75) is 29.7 Å². The molecule has 0 atom stereocenters. The number of alkyl halides is 1. The lowest BCUT2D eigenvalue weighted by Crippen LogP contribution is -2.44. The number of halogens is 2. The van der Waals surface area contributed by atoms with E-state index in [2.05, 4.69) is 4.90 Å². The fourth-order valence-corrected chi connectivity index (χ4v) is 4.63. The lowest BCUT2D eigenvalue weighted by Gasteiger charge is -2.34. The van der Waals surface area contributed by atoms with Crippen molar-refractivity contribution in [3.8, 4) is 0 Å². The smallest absolute Gasteiger partial charge is 0.243 e. The standard InChI is InChI=1S/C14H20ClFN2O2S/c1-17(2)13-5-7-18(8-6-13)21(19,20)14-9-12(16)4-3-11(14)10-15/h3-4,9,13H,5-8,10H2,1-2H3. The summed E-state index contributed by atoms with van der Waals surface area (Å²) in [4.78, 5) is 2.09. The van der Waals surface area contributed by atoms with Gasteiger partial charge in [0.25, 0.3) is 0 Å². The van der Waals surface area contributed by atoms with Crippen LogP contribution < -0.4 is 0 Å². The third kappa shape index (κ3) is 3.56. The van der Waals surface area contributed by atoms with Gasteiger partial charge < -0.3 is 4.90 Å². The molecule has 21 heavy (non-hydrogen) atoms. The number of nitrogens with zero attached hydrogens (tertiary/aromatic N) is 2. The van der Waals surface area contributed by atoms with E-state index in [9.17, 15) is 12.8 Å². The van der Waals surface area contributed by atoms with E-state index in [0.717, 1.165) is 18.9 Å². The van der Waals surface area contributed by atoms with E-state index in [0.29, 0.717) is 24.7 Å². The molecule has 1 fully saturated rings. The molecule has 2 rings (SSSR count). The van der Waals surface area contributed by atoms with E-state index < -0.39 is 15.8 Å². The molecule has 118 valence electrons. The third-order valence-electron chi connectivity index (χ3n) is 3.94. The summed E-state index contributed by atoms with van der Waals surface area (Å²) in [7, 11) is 0.300. The number of rotatable bonds is 4. The molecule has 0 saturated carbocycles. The van der Waals surface area contributed by atoms with Crippen molar-refractivity contribution in [2.75, 3.05) is 27.2 Å². The first-order valence-electron chi connectivity index (χ1n) is 6.87. The Balaban J connectivity index is 2.25. The molecular weight excluding hydrogens is 315 g/mol. The summed E-state index contributed by atoms with van der Waals surface area (Å²) in [6, 6.07) is 4.11. The molecule has 7 heteroatoms. The molecule has 0 N–H and O–H groups in total. The SMILES string of the molecule is CN(C)C1CCN(S(=O)(=O)c2cc(F)ccc2CCl)CC1. The van der Waals surface area contributed by atoms with Crippen LogP contribution in [0.4, 0.5) is 4.39 Å². The number of benzene rings is 1. The maximum absolute atomic E-state index is 13.4. The van der Waals surface area contributed by atoms with Crippen molar-refractivity contribution in [2.24, 2.45) is 0 Å². The van der Waals surface area contributed by atoms with E-state index in [1.807, 2.05) is 14.1 Å². The highest BCUT2D eigenvalue weighted by Gasteiger charge is 2.31. The molecule has 1 aliphatic rings. The Labute approximate surface area is 130 Å². The first-order chi connectivity index (χ1) is 9.86. The van der Waals surface area contributed by atoms with Gasteiger partial charge in [-0.05, 0) is 44.6 Å². The van der Waals surface area contributed by atoms with Crippen LogP contribution in [0.3, 0.4) is 0 Å². The van der Waals surface area contributed by atoms with Gasteiger partial charge in [-0.15, -0.1) is 11.6 Å². The number of piperidine rings is 1. The number of hydrogen-bond donors (Lipinski definition) is 0. The summed E-state index contributed by atoms with van der Waals surface area (Å²) in [6.45, 7) is 0.896. The Bertz CT molecular complexity index is 599. The molecule has 0 aromatic heterocycles. The van der Waals surface area contributed by atoms with Crippen molar-refractivity contribution in [1.82, 2.24) is 9.21 Å². The van der Waals surface area contributed by atoms with Crippen molar-refractivity contribution in [3.63, 3.8) is 0 Å². The minimum Gasteiger partial charge on any atom is -0.306 e. The van der Waals surface area contributed by atoms with Gasteiger partial charge in [0.2, 0.25) is 10.0 Å². The molecule has 0 radical (unpaired) electrons. The Morgan fingerprint density at radius 1 is 1.33 bits per heavy atom. The highest BCUT2D eigenvalue weighted by atomic mass is 35.5. The van der Waals surface area contributed by atoms with Crippen molar-refractivity contribution in [1.29, 1.82) is 0 Å². The molecule has 1 aliphatic heterocycles. The van der Waals surface area contributed by atoms with Crippen LogP contribution in [0.25, 0.3) is 0 Å². The maximum atomic E-state index is 13.4. The zero-order valence-corrected chi connectivity index (χ0v) is 13.8. The van der Waals surface area contributed by atoms with Crippen molar-refractivity contribution < 1.29 is 12.8 Å². The normalized spacial score (nSPS) is 18.3. The molecule has 0 aliphatic carbocycles.